The van der Waals surface area contributed by atoms with E-state index in [4.69, 9.17) is 9.47 Å². The van der Waals surface area contributed by atoms with E-state index < -0.39 is 9.84 Å². The van der Waals surface area contributed by atoms with Gasteiger partial charge in [0.1, 0.15) is 9.84 Å². The highest BCUT2D eigenvalue weighted by atomic mass is 32.2. The van der Waals surface area contributed by atoms with Gasteiger partial charge >= 0.3 is 0 Å². The van der Waals surface area contributed by atoms with Gasteiger partial charge in [-0.2, -0.15) is 0 Å². The molecule has 0 atom stereocenters. The largest absolute Gasteiger partial charge is 0.490 e. The van der Waals surface area contributed by atoms with Gasteiger partial charge in [-0.05, 0) is 26.0 Å². The lowest BCUT2D eigenvalue weighted by Crippen LogP contribution is -2.14. The van der Waals surface area contributed by atoms with E-state index in [0.717, 1.165) is 5.69 Å². The minimum absolute atomic E-state index is 0.101. The van der Waals surface area contributed by atoms with Crippen molar-refractivity contribution in [2.75, 3.05) is 37.1 Å². The summed E-state index contributed by atoms with van der Waals surface area (Å²) < 4.78 is 33.0. The molecule has 0 bridgehead atoms. The minimum Gasteiger partial charge on any atom is -0.490 e. The molecule has 0 fully saturated rings. The van der Waals surface area contributed by atoms with Crippen LogP contribution in [-0.4, -0.2) is 40.2 Å². The maximum atomic E-state index is 11.0. The molecule has 5 nitrogen and oxygen atoms in total. The van der Waals surface area contributed by atoms with E-state index in [-0.39, 0.29) is 5.75 Å². The molecule has 0 spiro atoms. The van der Waals surface area contributed by atoms with Crippen molar-refractivity contribution < 1.29 is 17.9 Å². The van der Waals surface area contributed by atoms with Crippen LogP contribution in [0.2, 0.25) is 0 Å². The van der Waals surface area contributed by atoms with E-state index in [9.17, 15) is 8.42 Å². The van der Waals surface area contributed by atoms with Crippen molar-refractivity contribution in [3.63, 3.8) is 0 Å². The number of nitrogens with one attached hydrogen (secondary N) is 1. The standard InChI is InChI=1S/C13H21NO4S/c1-4-17-12-7-6-11(10-13(12)18-5-2)14-8-9-19(3,15)16/h6-7,10,14H,4-5,8-9H2,1-3H3. The fourth-order valence-electron chi connectivity index (χ4n) is 1.54. The van der Waals surface area contributed by atoms with Crippen molar-refractivity contribution in [1.29, 1.82) is 0 Å². The number of hydrogen-bond acceptors (Lipinski definition) is 5. The molecule has 0 heterocycles. The molecule has 1 aromatic carbocycles. The van der Waals surface area contributed by atoms with Crippen molar-refractivity contribution in [2.24, 2.45) is 0 Å². The summed E-state index contributed by atoms with van der Waals surface area (Å²) in [5.41, 5.74) is 0.815. The average Bonchev–Trinajstić information content (AvgIpc) is 2.31. The molecule has 0 aliphatic carbocycles. The van der Waals surface area contributed by atoms with E-state index in [1.807, 2.05) is 32.0 Å². The molecule has 0 aliphatic heterocycles. The van der Waals surface area contributed by atoms with Crippen LogP contribution in [0.5, 0.6) is 11.5 Å². The molecular formula is C13H21NO4S. The molecule has 0 unspecified atom stereocenters. The summed E-state index contributed by atoms with van der Waals surface area (Å²) in [7, 11) is -2.95. The predicted octanol–water partition coefficient (Wildman–Crippen LogP) is 1.94. The van der Waals surface area contributed by atoms with Gasteiger partial charge in [0.05, 0.1) is 19.0 Å². The highest BCUT2D eigenvalue weighted by Crippen LogP contribution is 2.30. The van der Waals surface area contributed by atoms with Crippen LogP contribution >= 0.6 is 0 Å². The lowest BCUT2D eigenvalue weighted by molar-refractivity contribution is 0.288. The first-order valence-electron chi connectivity index (χ1n) is 6.27. The maximum absolute atomic E-state index is 11.0. The SMILES string of the molecule is CCOc1ccc(NCCS(C)(=O)=O)cc1OCC. The number of rotatable bonds is 8. The van der Waals surface area contributed by atoms with Crippen LogP contribution in [0, 0.1) is 0 Å². The molecule has 108 valence electrons. The molecule has 6 heteroatoms. The van der Waals surface area contributed by atoms with E-state index in [1.165, 1.54) is 6.26 Å². The summed E-state index contributed by atoms with van der Waals surface area (Å²) in [6.07, 6.45) is 1.22. The Labute approximate surface area is 114 Å². The normalized spacial score (nSPS) is 11.1. The first-order chi connectivity index (χ1) is 8.96. The van der Waals surface area contributed by atoms with E-state index in [0.29, 0.717) is 31.3 Å². The first-order valence-corrected chi connectivity index (χ1v) is 8.33. The van der Waals surface area contributed by atoms with Crippen LogP contribution in [0.4, 0.5) is 5.69 Å². The highest BCUT2D eigenvalue weighted by Gasteiger charge is 2.07. The lowest BCUT2D eigenvalue weighted by Gasteiger charge is -2.13. The van der Waals surface area contributed by atoms with Crippen molar-refractivity contribution in [1.82, 2.24) is 0 Å². The van der Waals surface area contributed by atoms with Gasteiger partial charge in [0.15, 0.2) is 11.5 Å². The van der Waals surface area contributed by atoms with Crippen LogP contribution in [0.1, 0.15) is 13.8 Å². The zero-order chi connectivity index (χ0) is 14.3. The predicted molar refractivity (Wildman–Crippen MR) is 77.0 cm³/mol. The van der Waals surface area contributed by atoms with Gasteiger partial charge < -0.3 is 14.8 Å². The second-order valence-corrected chi connectivity index (χ2v) is 6.34. The van der Waals surface area contributed by atoms with Crippen molar-refractivity contribution in [2.45, 2.75) is 13.8 Å². The maximum Gasteiger partial charge on any atom is 0.163 e. The Morgan fingerprint density at radius 2 is 1.74 bits per heavy atom. The summed E-state index contributed by atoms with van der Waals surface area (Å²) in [6.45, 7) is 5.31. The van der Waals surface area contributed by atoms with Crippen molar-refractivity contribution >= 4 is 15.5 Å². The fraction of sp³-hybridized carbons (Fsp3) is 0.538. The molecule has 0 saturated heterocycles. The third-order valence-electron chi connectivity index (χ3n) is 2.35. The van der Waals surface area contributed by atoms with Gasteiger partial charge in [-0.3, -0.25) is 0 Å². The Morgan fingerprint density at radius 1 is 1.11 bits per heavy atom. The van der Waals surface area contributed by atoms with Gasteiger partial charge in [-0.1, -0.05) is 0 Å². The second-order valence-electron chi connectivity index (χ2n) is 4.08. The lowest BCUT2D eigenvalue weighted by atomic mass is 10.2. The minimum atomic E-state index is -2.95. The number of hydrogen-bond donors (Lipinski definition) is 1. The Morgan fingerprint density at radius 3 is 2.32 bits per heavy atom. The zero-order valence-corrected chi connectivity index (χ0v) is 12.4. The number of benzene rings is 1. The van der Waals surface area contributed by atoms with Crippen LogP contribution in [0.25, 0.3) is 0 Å². The quantitative estimate of drug-likeness (QED) is 0.791. The van der Waals surface area contributed by atoms with Crippen LogP contribution in [-0.2, 0) is 9.84 Å². The first kappa shape index (κ1) is 15.6. The molecule has 19 heavy (non-hydrogen) atoms. The summed E-state index contributed by atoms with van der Waals surface area (Å²) in [5, 5.41) is 3.05. The second kappa shape index (κ2) is 7.23. The van der Waals surface area contributed by atoms with Crippen molar-refractivity contribution in [3.05, 3.63) is 18.2 Å². The number of anilines is 1. The highest BCUT2D eigenvalue weighted by molar-refractivity contribution is 7.90. The summed E-state index contributed by atoms with van der Waals surface area (Å²) >= 11 is 0. The third kappa shape index (κ3) is 5.83. The Hall–Kier alpha value is -1.43. The molecule has 0 amide bonds. The van der Waals surface area contributed by atoms with Gasteiger partial charge in [0.2, 0.25) is 0 Å². The molecule has 0 aliphatic rings. The van der Waals surface area contributed by atoms with Crippen LogP contribution < -0.4 is 14.8 Å². The Bertz CT molecular complexity index is 499. The van der Waals surface area contributed by atoms with Crippen LogP contribution in [0.3, 0.4) is 0 Å². The molecule has 0 saturated carbocycles. The molecule has 1 aromatic rings. The molecular weight excluding hydrogens is 266 g/mol. The van der Waals surface area contributed by atoms with Gasteiger partial charge in [0, 0.05) is 24.6 Å². The van der Waals surface area contributed by atoms with Crippen molar-refractivity contribution in [3.8, 4) is 11.5 Å². The molecule has 1 rings (SSSR count). The summed E-state index contributed by atoms with van der Waals surface area (Å²) in [4.78, 5) is 0. The van der Waals surface area contributed by atoms with E-state index >= 15 is 0 Å². The van der Waals surface area contributed by atoms with E-state index in [2.05, 4.69) is 5.32 Å². The van der Waals surface area contributed by atoms with Gasteiger partial charge in [0.25, 0.3) is 0 Å². The monoisotopic (exact) mass is 287 g/mol. The smallest absolute Gasteiger partial charge is 0.163 e. The number of sulfone groups is 1. The van der Waals surface area contributed by atoms with Gasteiger partial charge in [-0.15, -0.1) is 0 Å². The topological polar surface area (TPSA) is 64.6 Å². The molecule has 1 N–H and O–H groups in total. The van der Waals surface area contributed by atoms with Gasteiger partial charge in [-0.25, -0.2) is 8.42 Å². The average molecular weight is 287 g/mol. The molecule has 0 aromatic heterocycles. The summed E-state index contributed by atoms with van der Waals surface area (Å²) in [5.74, 6) is 1.45. The third-order valence-corrected chi connectivity index (χ3v) is 3.29. The summed E-state index contributed by atoms with van der Waals surface area (Å²) in [6, 6.07) is 5.48. The molecule has 0 radical (unpaired) electrons. The van der Waals surface area contributed by atoms with Crippen LogP contribution in [0.15, 0.2) is 18.2 Å². The Kier molecular flexibility index (Phi) is 5.95. The zero-order valence-electron chi connectivity index (χ0n) is 11.6. The number of ether oxygens (including phenoxy) is 2. The van der Waals surface area contributed by atoms with E-state index in [1.54, 1.807) is 0 Å². The Balaban J connectivity index is 2.71. The fourth-order valence-corrected chi connectivity index (χ4v) is 2.01.